The van der Waals surface area contributed by atoms with Crippen molar-refractivity contribution in [3.05, 3.63) is 42.0 Å². The lowest BCUT2D eigenvalue weighted by Crippen LogP contribution is -2.47. The van der Waals surface area contributed by atoms with E-state index in [0.29, 0.717) is 26.2 Å². The number of amides is 2. The molecule has 18 heavy (non-hydrogen) atoms. The van der Waals surface area contributed by atoms with Crippen molar-refractivity contribution >= 4 is 18.4 Å². The van der Waals surface area contributed by atoms with Crippen molar-refractivity contribution < 1.29 is 9.59 Å². The van der Waals surface area contributed by atoms with E-state index < -0.39 is 0 Å². The Morgan fingerprint density at radius 1 is 1.06 bits per heavy atom. The van der Waals surface area contributed by atoms with Crippen molar-refractivity contribution in [1.82, 2.24) is 9.80 Å². The fourth-order valence-corrected chi connectivity index (χ4v) is 1.88. The fourth-order valence-electron chi connectivity index (χ4n) is 1.88. The van der Waals surface area contributed by atoms with Crippen LogP contribution in [-0.2, 0) is 9.59 Å². The summed E-state index contributed by atoms with van der Waals surface area (Å²) in [5.41, 5.74) is 1.01. The Balaban J connectivity index is 1.89. The Bertz CT molecular complexity index is 434. The van der Waals surface area contributed by atoms with E-state index in [1.165, 1.54) is 0 Å². The first kappa shape index (κ1) is 12.4. The molecule has 4 nitrogen and oxygen atoms in total. The second-order valence-corrected chi connectivity index (χ2v) is 4.21. The van der Waals surface area contributed by atoms with Crippen LogP contribution in [0.5, 0.6) is 0 Å². The molecule has 1 aromatic rings. The number of benzene rings is 1. The highest BCUT2D eigenvalue weighted by molar-refractivity contribution is 5.91. The third-order valence-corrected chi connectivity index (χ3v) is 2.99. The molecule has 1 saturated heterocycles. The summed E-state index contributed by atoms with van der Waals surface area (Å²) in [6.07, 6.45) is 4.24. The van der Waals surface area contributed by atoms with E-state index >= 15 is 0 Å². The van der Waals surface area contributed by atoms with Crippen LogP contribution in [0.25, 0.3) is 6.08 Å². The maximum absolute atomic E-state index is 11.9. The van der Waals surface area contributed by atoms with Crippen LogP contribution in [0, 0.1) is 0 Å². The summed E-state index contributed by atoms with van der Waals surface area (Å²) in [6.45, 7) is 2.45. The number of carbonyl (C=O) groups excluding carboxylic acids is 2. The van der Waals surface area contributed by atoms with Gasteiger partial charge in [-0.25, -0.2) is 0 Å². The van der Waals surface area contributed by atoms with Crippen molar-refractivity contribution in [1.29, 1.82) is 0 Å². The first-order valence-corrected chi connectivity index (χ1v) is 6.01. The highest BCUT2D eigenvalue weighted by Gasteiger charge is 2.17. The second-order valence-electron chi connectivity index (χ2n) is 4.21. The van der Waals surface area contributed by atoms with Crippen LogP contribution in [0.2, 0.25) is 0 Å². The summed E-state index contributed by atoms with van der Waals surface area (Å²) >= 11 is 0. The Morgan fingerprint density at radius 3 is 2.33 bits per heavy atom. The third-order valence-electron chi connectivity index (χ3n) is 2.99. The lowest BCUT2D eigenvalue weighted by atomic mass is 10.2. The predicted octanol–water partition coefficient (Wildman–Crippen LogP) is 1.00. The molecule has 0 unspecified atom stereocenters. The lowest BCUT2D eigenvalue weighted by Gasteiger charge is -2.31. The molecule has 0 aromatic heterocycles. The zero-order valence-corrected chi connectivity index (χ0v) is 10.2. The summed E-state index contributed by atoms with van der Waals surface area (Å²) in [6, 6.07) is 9.72. The first-order valence-electron chi connectivity index (χ1n) is 6.01. The molecule has 1 aliphatic rings. The van der Waals surface area contributed by atoms with Crippen molar-refractivity contribution in [3.63, 3.8) is 0 Å². The molecule has 0 N–H and O–H groups in total. The quantitative estimate of drug-likeness (QED) is 0.588. The molecule has 0 radical (unpaired) electrons. The Labute approximate surface area is 106 Å². The van der Waals surface area contributed by atoms with Gasteiger partial charge in [-0.2, -0.15) is 0 Å². The zero-order valence-electron chi connectivity index (χ0n) is 10.2. The monoisotopic (exact) mass is 244 g/mol. The lowest BCUT2D eigenvalue weighted by molar-refractivity contribution is -0.130. The van der Waals surface area contributed by atoms with E-state index in [4.69, 9.17) is 0 Å². The van der Waals surface area contributed by atoms with E-state index in [9.17, 15) is 9.59 Å². The Morgan fingerprint density at radius 2 is 1.72 bits per heavy atom. The van der Waals surface area contributed by atoms with E-state index in [0.717, 1.165) is 12.0 Å². The topological polar surface area (TPSA) is 40.6 Å². The first-order chi connectivity index (χ1) is 8.79. The molecule has 1 heterocycles. The molecule has 1 aromatic carbocycles. The van der Waals surface area contributed by atoms with Crippen LogP contribution in [-0.4, -0.2) is 48.3 Å². The van der Waals surface area contributed by atoms with Gasteiger partial charge in [-0.1, -0.05) is 30.3 Å². The van der Waals surface area contributed by atoms with Crippen LogP contribution in [0.1, 0.15) is 5.56 Å². The van der Waals surface area contributed by atoms with Crippen LogP contribution < -0.4 is 0 Å². The van der Waals surface area contributed by atoms with Crippen molar-refractivity contribution in [2.75, 3.05) is 26.2 Å². The van der Waals surface area contributed by atoms with E-state index in [-0.39, 0.29) is 5.91 Å². The van der Waals surface area contributed by atoms with E-state index in [1.54, 1.807) is 15.9 Å². The van der Waals surface area contributed by atoms with Gasteiger partial charge in [0.15, 0.2) is 0 Å². The molecular weight excluding hydrogens is 228 g/mol. The molecule has 2 rings (SSSR count). The molecule has 1 aliphatic heterocycles. The average molecular weight is 244 g/mol. The predicted molar refractivity (Wildman–Crippen MR) is 69.7 cm³/mol. The Hall–Kier alpha value is -2.10. The minimum atomic E-state index is 0.00408. The normalized spacial score (nSPS) is 16.0. The van der Waals surface area contributed by atoms with Gasteiger partial charge in [0.1, 0.15) is 0 Å². The number of hydrogen-bond acceptors (Lipinski definition) is 2. The summed E-state index contributed by atoms with van der Waals surface area (Å²) < 4.78 is 0. The van der Waals surface area contributed by atoms with Gasteiger partial charge in [0.05, 0.1) is 0 Å². The number of hydrogen-bond donors (Lipinski definition) is 0. The molecule has 4 heteroatoms. The van der Waals surface area contributed by atoms with E-state index in [1.807, 2.05) is 36.4 Å². The maximum Gasteiger partial charge on any atom is 0.246 e. The second kappa shape index (κ2) is 6.00. The largest absolute Gasteiger partial charge is 0.342 e. The average Bonchev–Trinajstić information content (AvgIpc) is 2.46. The molecule has 0 aliphatic carbocycles. The van der Waals surface area contributed by atoms with Gasteiger partial charge < -0.3 is 9.80 Å². The van der Waals surface area contributed by atoms with Gasteiger partial charge in [0.25, 0.3) is 0 Å². The van der Waals surface area contributed by atoms with Crippen molar-refractivity contribution in [2.45, 2.75) is 0 Å². The standard InChI is InChI=1S/C14H16N2O2/c17-12-15-8-10-16(11-9-15)14(18)7-6-13-4-2-1-3-5-13/h1-7,12H,8-11H2/b7-6+. The molecule has 0 spiro atoms. The minimum absolute atomic E-state index is 0.00408. The molecule has 0 bridgehead atoms. The van der Waals surface area contributed by atoms with Gasteiger partial charge in [0, 0.05) is 32.3 Å². The molecule has 0 saturated carbocycles. The van der Waals surface area contributed by atoms with Crippen LogP contribution in [0.4, 0.5) is 0 Å². The maximum atomic E-state index is 11.9. The van der Waals surface area contributed by atoms with Gasteiger partial charge >= 0.3 is 0 Å². The molecule has 1 fully saturated rings. The molecular formula is C14H16N2O2. The van der Waals surface area contributed by atoms with Crippen molar-refractivity contribution in [2.24, 2.45) is 0 Å². The smallest absolute Gasteiger partial charge is 0.246 e. The number of rotatable bonds is 3. The summed E-state index contributed by atoms with van der Waals surface area (Å²) in [7, 11) is 0. The number of carbonyl (C=O) groups is 2. The third kappa shape index (κ3) is 3.20. The van der Waals surface area contributed by atoms with Crippen LogP contribution >= 0.6 is 0 Å². The molecule has 0 atom stereocenters. The fraction of sp³-hybridized carbons (Fsp3) is 0.286. The van der Waals surface area contributed by atoms with Gasteiger partial charge in [-0.05, 0) is 11.6 Å². The Kier molecular flexibility index (Phi) is 4.12. The highest BCUT2D eigenvalue weighted by atomic mass is 16.2. The highest BCUT2D eigenvalue weighted by Crippen LogP contribution is 2.04. The zero-order chi connectivity index (χ0) is 12.8. The van der Waals surface area contributed by atoms with Crippen molar-refractivity contribution in [3.8, 4) is 0 Å². The summed E-state index contributed by atoms with van der Waals surface area (Å²) in [5, 5.41) is 0. The number of piperazine rings is 1. The van der Waals surface area contributed by atoms with Gasteiger partial charge in [0.2, 0.25) is 12.3 Å². The SMILES string of the molecule is O=CN1CCN(C(=O)/C=C/c2ccccc2)CC1. The van der Waals surface area contributed by atoms with Gasteiger partial charge in [-0.15, -0.1) is 0 Å². The van der Waals surface area contributed by atoms with E-state index in [2.05, 4.69) is 0 Å². The summed E-state index contributed by atoms with van der Waals surface area (Å²) in [5.74, 6) is 0.00408. The molecule has 2 amide bonds. The summed E-state index contributed by atoms with van der Waals surface area (Å²) in [4.78, 5) is 25.9. The minimum Gasteiger partial charge on any atom is -0.342 e. The van der Waals surface area contributed by atoms with Crippen LogP contribution in [0.3, 0.4) is 0 Å². The van der Waals surface area contributed by atoms with Gasteiger partial charge in [-0.3, -0.25) is 9.59 Å². The number of nitrogens with zero attached hydrogens (tertiary/aromatic N) is 2. The van der Waals surface area contributed by atoms with Crippen LogP contribution in [0.15, 0.2) is 36.4 Å². The molecule has 94 valence electrons.